The number of rotatable bonds is 11. The van der Waals surface area contributed by atoms with E-state index < -0.39 is 39.6 Å². The molecule has 0 unspecified atom stereocenters. The first-order valence-corrected chi connectivity index (χ1v) is 15.5. The van der Waals surface area contributed by atoms with Crippen LogP contribution in [0.5, 0.6) is 11.5 Å². The molecule has 2 heterocycles. The van der Waals surface area contributed by atoms with Crippen molar-refractivity contribution in [3.05, 3.63) is 54.1 Å². The molecule has 11 heteroatoms. The minimum atomic E-state index is -0.933. The molecular weight excluding hydrogens is 525 g/mol. The minimum Gasteiger partial charge on any atom is -0.467 e. The molecule has 0 aliphatic rings. The van der Waals surface area contributed by atoms with Crippen LogP contribution >= 0.6 is 10.0 Å². The molecule has 0 aliphatic heterocycles. The maximum atomic E-state index is 14.9. The quantitative estimate of drug-likeness (QED) is 0.251. The van der Waals surface area contributed by atoms with E-state index in [1.807, 2.05) is 0 Å². The Balaban J connectivity index is 1.70. The molecule has 0 saturated carbocycles. The third-order valence-electron chi connectivity index (χ3n) is 5.51. The number of benzene rings is 1. The summed E-state index contributed by atoms with van der Waals surface area (Å²) in [6, 6.07) is 7.59. The first-order chi connectivity index (χ1) is 18.3. The highest BCUT2D eigenvalue weighted by Gasteiger charge is 2.25. The average Bonchev–Trinajstić information content (AvgIpc) is 3.16. The van der Waals surface area contributed by atoms with Gasteiger partial charge >= 0.3 is 12.1 Å². The van der Waals surface area contributed by atoms with Gasteiger partial charge in [0, 0.05) is 30.6 Å². The maximum Gasteiger partial charge on any atom is 0.408 e. The van der Waals surface area contributed by atoms with Gasteiger partial charge in [-0.1, -0.05) is 12.1 Å². The number of carbonyl (C=O) groups is 2. The number of ether oxygens (including phenoxy) is 4. The van der Waals surface area contributed by atoms with Crippen LogP contribution in [0, 0.1) is 5.82 Å². The van der Waals surface area contributed by atoms with Crippen LogP contribution < -0.4 is 10.1 Å². The molecule has 3 rings (SSSR count). The molecule has 1 amide bonds. The number of fused-ring (bicyclic) bond motifs is 1. The number of hydrogen-bond donors (Lipinski definition) is 1. The summed E-state index contributed by atoms with van der Waals surface area (Å²) in [6.07, 6.45) is 9.05. The third-order valence-corrected chi connectivity index (χ3v) is 6.90. The number of hydrogen-bond acceptors (Lipinski definition) is 7. The van der Waals surface area contributed by atoms with Crippen LogP contribution in [0.15, 0.2) is 42.7 Å². The first-order valence-electron chi connectivity index (χ1n) is 12.5. The first kappa shape index (κ1) is 30.2. The van der Waals surface area contributed by atoms with Gasteiger partial charge in [0.25, 0.3) is 0 Å². The van der Waals surface area contributed by atoms with Crippen LogP contribution in [0.3, 0.4) is 0 Å². The van der Waals surface area contributed by atoms with Crippen LogP contribution in [0.4, 0.5) is 9.18 Å². The molecule has 9 nitrogen and oxygen atoms in total. The number of halogens is 1. The fourth-order valence-electron chi connectivity index (χ4n) is 3.64. The van der Waals surface area contributed by atoms with Crippen molar-refractivity contribution in [1.29, 1.82) is 0 Å². The van der Waals surface area contributed by atoms with Gasteiger partial charge in [-0.3, -0.25) is 0 Å². The number of aromatic nitrogens is 2. The number of methoxy groups -OCH3 is 1. The molecule has 0 spiro atoms. The van der Waals surface area contributed by atoms with E-state index in [-0.39, 0.29) is 18.5 Å². The molecule has 39 heavy (non-hydrogen) atoms. The number of amides is 1. The fraction of sp³-hybridized carbons (Fsp3) is 0.464. The number of nitrogens with zero attached hydrogens (tertiary/aromatic N) is 2. The molecule has 1 N–H and O–H groups in total. The largest absolute Gasteiger partial charge is 0.467 e. The van der Waals surface area contributed by atoms with Gasteiger partial charge in [0.1, 0.15) is 35.5 Å². The minimum absolute atomic E-state index is 0.180. The summed E-state index contributed by atoms with van der Waals surface area (Å²) in [7, 11) is 0.578. The van der Waals surface area contributed by atoms with Gasteiger partial charge in [-0.2, -0.15) is 0 Å². The van der Waals surface area contributed by atoms with Gasteiger partial charge in [0.2, 0.25) is 0 Å². The predicted molar refractivity (Wildman–Crippen MR) is 151 cm³/mol. The van der Waals surface area contributed by atoms with Crippen LogP contribution in [0.25, 0.3) is 11.0 Å². The molecule has 3 aromatic rings. The molecule has 0 aliphatic carbocycles. The van der Waals surface area contributed by atoms with E-state index in [4.69, 9.17) is 18.9 Å². The van der Waals surface area contributed by atoms with Crippen molar-refractivity contribution in [1.82, 2.24) is 14.9 Å². The van der Waals surface area contributed by atoms with Gasteiger partial charge in [0.15, 0.2) is 5.82 Å². The molecular formula is C28H38FN3O6S. The Kier molecular flexibility index (Phi) is 9.84. The highest BCUT2D eigenvalue weighted by molar-refractivity contribution is 8.32. The van der Waals surface area contributed by atoms with Crippen LogP contribution in [0.2, 0.25) is 0 Å². The summed E-state index contributed by atoms with van der Waals surface area (Å²) in [4.78, 5) is 28.8. The maximum absolute atomic E-state index is 14.9. The van der Waals surface area contributed by atoms with E-state index >= 15 is 0 Å². The Morgan fingerprint density at radius 3 is 2.44 bits per heavy atom. The van der Waals surface area contributed by atoms with Crippen molar-refractivity contribution >= 4 is 33.1 Å². The number of carbonyl (C=O) groups excluding carboxylic acids is 2. The average molecular weight is 564 g/mol. The second-order valence-corrected chi connectivity index (χ2v) is 15.5. The topological polar surface area (TPSA) is 101 Å². The molecule has 0 radical (unpaired) electrons. The lowest BCUT2D eigenvalue weighted by molar-refractivity contribution is -0.143. The molecule has 1 atom stereocenters. The summed E-state index contributed by atoms with van der Waals surface area (Å²) < 4.78 is 38.4. The molecule has 0 fully saturated rings. The Hall–Kier alpha value is -3.31. The van der Waals surface area contributed by atoms with Gasteiger partial charge in [-0.15, -0.1) is 0 Å². The zero-order valence-corrected chi connectivity index (χ0v) is 24.4. The van der Waals surface area contributed by atoms with Crippen LogP contribution in [-0.4, -0.2) is 71.5 Å². The van der Waals surface area contributed by atoms with Gasteiger partial charge in [0.05, 0.1) is 19.1 Å². The van der Waals surface area contributed by atoms with E-state index in [2.05, 4.69) is 29.1 Å². The van der Waals surface area contributed by atoms with Gasteiger partial charge in [-0.05, 0) is 57.2 Å². The number of esters is 1. The van der Waals surface area contributed by atoms with Crippen molar-refractivity contribution < 1.29 is 32.9 Å². The number of nitrogens with one attached hydrogen (secondary N) is 1. The molecule has 214 valence electrons. The van der Waals surface area contributed by atoms with Crippen molar-refractivity contribution in [2.45, 2.75) is 45.6 Å². The Morgan fingerprint density at radius 1 is 1.13 bits per heavy atom. The van der Waals surface area contributed by atoms with Gasteiger partial charge in [-0.25, -0.2) is 29.0 Å². The van der Waals surface area contributed by atoms with Crippen LogP contribution in [-0.2, 0) is 32.2 Å². The molecule has 0 saturated heterocycles. The van der Waals surface area contributed by atoms with E-state index in [0.717, 1.165) is 11.3 Å². The van der Waals surface area contributed by atoms with Crippen molar-refractivity contribution in [2.24, 2.45) is 0 Å². The second-order valence-electron chi connectivity index (χ2n) is 11.0. The van der Waals surface area contributed by atoms with E-state index in [1.54, 1.807) is 61.9 Å². The summed E-state index contributed by atoms with van der Waals surface area (Å²) in [6.45, 7) is 5.99. The van der Waals surface area contributed by atoms with Crippen molar-refractivity contribution in [3.63, 3.8) is 0 Å². The summed E-state index contributed by atoms with van der Waals surface area (Å²) in [5.41, 5.74) is 0.474. The summed E-state index contributed by atoms with van der Waals surface area (Å²) in [5, 5.41) is 2.82. The standard InChI is InChI=1S/C28H38FN3O6S/c1-28(2,3)38-27(34)31-22(26(33)35-4)16-19-8-10-20(11-9-19)37-23-12-13-30-25-24(23)21(29)17-32(25)18-36-14-15-39(5,6)7/h8-13,17,22H,14-16,18H2,1-7H3,(H,31,34)/t22-/m0/s1. The summed E-state index contributed by atoms with van der Waals surface area (Å²) >= 11 is 0. The normalized spacial score (nSPS) is 13.1. The highest BCUT2D eigenvalue weighted by atomic mass is 32.3. The molecule has 1 aromatic carbocycles. The van der Waals surface area contributed by atoms with E-state index in [1.165, 1.54) is 13.3 Å². The summed E-state index contributed by atoms with van der Waals surface area (Å²) in [5.74, 6) is 0.705. The number of alkyl carbamates (subject to hydrolysis) is 1. The Labute approximate surface area is 230 Å². The van der Waals surface area contributed by atoms with Crippen LogP contribution in [0.1, 0.15) is 26.3 Å². The smallest absolute Gasteiger partial charge is 0.408 e. The van der Waals surface area contributed by atoms with Crippen molar-refractivity contribution in [2.75, 3.05) is 38.2 Å². The fourth-order valence-corrected chi connectivity index (χ4v) is 4.25. The SMILES string of the molecule is COC(=O)[C@H](Cc1ccc(Oc2ccnc3c2c(F)cn3COCCS(C)(C)C)cc1)NC(=O)OC(C)(C)C. The lowest BCUT2D eigenvalue weighted by Gasteiger charge is -2.24. The zero-order valence-electron chi connectivity index (χ0n) is 23.6. The third kappa shape index (κ3) is 9.14. The van der Waals surface area contributed by atoms with Crippen molar-refractivity contribution in [3.8, 4) is 11.5 Å². The lowest BCUT2D eigenvalue weighted by atomic mass is 10.1. The number of pyridine rings is 1. The monoisotopic (exact) mass is 563 g/mol. The van der Waals surface area contributed by atoms with E-state index in [9.17, 15) is 14.0 Å². The predicted octanol–water partition coefficient (Wildman–Crippen LogP) is 5.24. The van der Waals surface area contributed by atoms with Gasteiger partial charge < -0.3 is 28.8 Å². The Morgan fingerprint density at radius 2 is 1.82 bits per heavy atom. The molecule has 2 aromatic heterocycles. The lowest BCUT2D eigenvalue weighted by Crippen LogP contribution is -2.45. The Bertz CT molecular complexity index is 1280. The zero-order chi connectivity index (χ0) is 28.8. The second kappa shape index (κ2) is 12.7. The highest BCUT2D eigenvalue weighted by Crippen LogP contribution is 2.34. The van der Waals surface area contributed by atoms with E-state index in [0.29, 0.717) is 23.8 Å². The molecule has 0 bridgehead atoms.